The summed E-state index contributed by atoms with van der Waals surface area (Å²) < 4.78 is 35.7. The number of hydrogen-bond acceptors (Lipinski definition) is 3. The second kappa shape index (κ2) is 4.89. The molecule has 0 atom stereocenters. The molecule has 0 aromatic carbocycles. The van der Waals surface area contributed by atoms with E-state index >= 15 is 0 Å². The molecule has 0 saturated carbocycles. The van der Waals surface area contributed by atoms with Crippen LogP contribution < -0.4 is 0 Å². The maximum absolute atomic E-state index is 11.6. The smallest absolute Gasteiger partial charge is 0.309 e. The zero-order chi connectivity index (χ0) is 9.83. The standard InChI is InChI=1S/C6H15O3P/c1-4-8-10(7,6-3)9-5-2/h4-6H2,1-3H3/i6D2. The third-order valence-electron chi connectivity index (χ3n) is 0.872. The Kier molecular flexibility index (Phi) is 3.34. The number of rotatable bonds is 5. The maximum atomic E-state index is 11.6. The van der Waals surface area contributed by atoms with Gasteiger partial charge in [0.25, 0.3) is 0 Å². The van der Waals surface area contributed by atoms with Crippen LogP contribution in [0.3, 0.4) is 0 Å². The molecule has 0 heterocycles. The molecule has 0 aromatic rings. The minimum atomic E-state index is -3.57. The monoisotopic (exact) mass is 168 g/mol. The van der Waals surface area contributed by atoms with Crippen molar-refractivity contribution < 1.29 is 16.4 Å². The van der Waals surface area contributed by atoms with E-state index in [-0.39, 0.29) is 13.2 Å². The van der Waals surface area contributed by atoms with Crippen molar-refractivity contribution in [1.29, 1.82) is 0 Å². The topological polar surface area (TPSA) is 35.5 Å². The van der Waals surface area contributed by atoms with Gasteiger partial charge in [0.15, 0.2) is 0 Å². The lowest BCUT2D eigenvalue weighted by atomic mass is 10.9. The first kappa shape index (κ1) is 6.84. The minimum Gasteiger partial charge on any atom is -0.309 e. The van der Waals surface area contributed by atoms with Gasteiger partial charge in [0.2, 0.25) is 0 Å². The van der Waals surface area contributed by atoms with Gasteiger partial charge in [0.05, 0.1) is 13.2 Å². The van der Waals surface area contributed by atoms with E-state index in [0.717, 1.165) is 0 Å². The lowest BCUT2D eigenvalue weighted by molar-refractivity contribution is 0.221. The molecule has 0 aliphatic rings. The fraction of sp³-hybridized carbons (Fsp3) is 1.00. The second-order valence-corrected chi connectivity index (χ2v) is 3.52. The van der Waals surface area contributed by atoms with Crippen LogP contribution in [0.2, 0.25) is 0 Å². The van der Waals surface area contributed by atoms with Crippen molar-refractivity contribution in [2.24, 2.45) is 0 Å². The SMILES string of the molecule is [2H]C([2H])(C)P(=O)(OCC)OCC. The highest BCUT2D eigenvalue weighted by atomic mass is 31.2. The van der Waals surface area contributed by atoms with E-state index in [9.17, 15) is 4.57 Å². The zero-order valence-electron chi connectivity index (χ0n) is 8.59. The molecule has 0 radical (unpaired) electrons. The first-order valence-corrected chi connectivity index (χ1v) is 4.81. The van der Waals surface area contributed by atoms with Gasteiger partial charge >= 0.3 is 7.60 Å². The third kappa shape index (κ3) is 3.35. The van der Waals surface area contributed by atoms with Crippen molar-refractivity contribution in [3.63, 3.8) is 0 Å². The van der Waals surface area contributed by atoms with E-state index < -0.39 is 13.7 Å². The summed E-state index contributed by atoms with van der Waals surface area (Å²) in [7, 11) is -3.57. The molecular formula is C6H15O3P. The van der Waals surface area contributed by atoms with Crippen LogP contribution in [0.25, 0.3) is 0 Å². The number of hydrogen-bond donors (Lipinski definition) is 0. The van der Waals surface area contributed by atoms with E-state index in [1.54, 1.807) is 13.8 Å². The molecule has 0 saturated heterocycles. The van der Waals surface area contributed by atoms with E-state index in [2.05, 4.69) is 0 Å². The molecule has 4 heteroatoms. The molecule has 0 unspecified atom stereocenters. The minimum absolute atomic E-state index is 0.185. The van der Waals surface area contributed by atoms with Gasteiger partial charge < -0.3 is 9.05 Å². The van der Waals surface area contributed by atoms with Crippen LogP contribution in [0, 0.1) is 0 Å². The Balaban J connectivity index is 4.51. The Morgan fingerprint density at radius 3 is 1.90 bits per heavy atom. The summed E-state index contributed by atoms with van der Waals surface area (Å²) in [6.07, 6.45) is -1.93. The highest BCUT2D eigenvalue weighted by Crippen LogP contribution is 2.47. The highest BCUT2D eigenvalue weighted by molar-refractivity contribution is 7.53. The van der Waals surface area contributed by atoms with E-state index in [0.29, 0.717) is 0 Å². The molecule has 0 aromatic heterocycles. The van der Waals surface area contributed by atoms with Gasteiger partial charge in [-0.05, 0) is 13.8 Å². The molecule has 0 bridgehead atoms. The van der Waals surface area contributed by atoms with Crippen LogP contribution in [0.1, 0.15) is 23.5 Å². The second-order valence-electron chi connectivity index (χ2n) is 1.56. The average Bonchev–Trinajstić information content (AvgIpc) is 1.86. The molecule has 0 amide bonds. The predicted molar refractivity (Wildman–Crippen MR) is 41.4 cm³/mol. The van der Waals surface area contributed by atoms with E-state index in [4.69, 9.17) is 11.8 Å². The van der Waals surface area contributed by atoms with Crippen molar-refractivity contribution in [2.45, 2.75) is 20.8 Å². The normalized spacial score (nSPS) is 16.3. The average molecular weight is 168 g/mol. The first-order valence-electron chi connectivity index (χ1n) is 4.26. The fourth-order valence-corrected chi connectivity index (χ4v) is 1.52. The largest absolute Gasteiger partial charge is 0.330 e. The molecular weight excluding hydrogens is 151 g/mol. The Morgan fingerprint density at radius 1 is 1.30 bits per heavy atom. The molecule has 0 spiro atoms. The molecule has 10 heavy (non-hydrogen) atoms. The summed E-state index contributed by atoms with van der Waals surface area (Å²) in [6, 6.07) is 0. The van der Waals surface area contributed by atoms with Crippen molar-refractivity contribution in [3.8, 4) is 0 Å². The quantitative estimate of drug-likeness (QED) is 0.591. The molecule has 62 valence electrons. The summed E-state index contributed by atoms with van der Waals surface area (Å²) in [5.41, 5.74) is 0. The molecule has 0 fully saturated rings. The highest BCUT2D eigenvalue weighted by Gasteiger charge is 2.19. The summed E-state index contributed by atoms with van der Waals surface area (Å²) in [4.78, 5) is 0. The summed E-state index contributed by atoms with van der Waals surface area (Å²) in [5.74, 6) is 0. The van der Waals surface area contributed by atoms with E-state index in [1.807, 2.05) is 0 Å². The van der Waals surface area contributed by atoms with Crippen molar-refractivity contribution >= 4 is 7.60 Å². The predicted octanol–water partition coefficient (Wildman–Crippen LogP) is 2.27. The van der Waals surface area contributed by atoms with Crippen molar-refractivity contribution in [1.82, 2.24) is 0 Å². The Labute approximate surface area is 65.1 Å². The zero-order valence-corrected chi connectivity index (χ0v) is 7.48. The summed E-state index contributed by atoms with van der Waals surface area (Å²) >= 11 is 0. The summed E-state index contributed by atoms with van der Waals surface area (Å²) in [6.45, 7) is 4.86. The van der Waals surface area contributed by atoms with Gasteiger partial charge in [0, 0.05) is 8.86 Å². The Bertz CT molecular complexity index is 168. The molecule has 0 N–H and O–H groups in total. The summed E-state index contributed by atoms with van der Waals surface area (Å²) in [5, 5.41) is 0. The molecule has 3 nitrogen and oxygen atoms in total. The molecule has 0 aliphatic carbocycles. The third-order valence-corrected chi connectivity index (χ3v) is 2.62. The maximum Gasteiger partial charge on any atom is 0.330 e. The molecule has 0 aliphatic heterocycles. The van der Waals surface area contributed by atoms with Gasteiger partial charge in [-0.2, -0.15) is 0 Å². The Morgan fingerprint density at radius 2 is 1.70 bits per heavy atom. The fourth-order valence-electron chi connectivity index (χ4n) is 0.506. The van der Waals surface area contributed by atoms with Gasteiger partial charge in [0.1, 0.15) is 0 Å². The van der Waals surface area contributed by atoms with Crippen LogP contribution in [0.5, 0.6) is 0 Å². The van der Waals surface area contributed by atoms with Gasteiger partial charge in [-0.3, -0.25) is 4.57 Å². The van der Waals surface area contributed by atoms with Crippen molar-refractivity contribution in [3.05, 3.63) is 0 Å². The lowest BCUT2D eigenvalue weighted by Gasteiger charge is -2.13. The van der Waals surface area contributed by atoms with Gasteiger partial charge in [-0.25, -0.2) is 0 Å². The van der Waals surface area contributed by atoms with Crippen LogP contribution in [0.15, 0.2) is 0 Å². The van der Waals surface area contributed by atoms with Crippen LogP contribution in [0.4, 0.5) is 0 Å². The van der Waals surface area contributed by atoms with Crippen LogP contribution in [-0.4, -0.2) is 19.3 Å². The van der Waals surface area contributed by atoms with Crippen LogP contribution >= 0.6 is 7.60 Å². The van der Waals surface area contributed by atoms with Gasteiger partial charge in [-0.15, -0.1) is 0 Å². The van der Waals surface area contributed by atoms with Crippen molar-refractivity contribution in [2.75, 3.05) is 19.3 Å². The Hall–Kier alpha value is 0.150. The van der Waals surface area contributed by atoms with Gasteiger partial charge in [-0.1, -0.05) is 6.92 Å². The van der Waals surface area contributed by atoms with E-state index in [1.165, 1.54) is 6.92 Å². The first-order chi connectivity index (χ1) is 5.37. The molecule has 0 rings (SSSR count). The van der Waals surface area contributed by atoms with Crippen LogP contribution in [-0.2, 0) is 13.6 Å². The lowest BCUT2D eigenvalue weighted by Crippen LogP contribution is -1.97.